The third-order valence-corrected chi connectivity index (χ3v) is 9.00. The molecule has 158 valence electrons. The third-order valence-electron chi connectivity index (χ3n) is 7.23. The second kappa shape index (κ2) is 7.13. The van der Waals surface area contributed by atoms with Gasteiger partial charge in [-0.3, -0.25) is 0 Å². The molecule has 2 aliphatic rings. The fourth-order valence-electron chi connectivity index (χ4n) is 5.63. The molecule has 1 fully saturated rings. The summed E-state index contributed by atoms with van der Waals surface area (Å²) in [4.78, 5) is 0.288. The molecule has 1 N–H and O–H groups in total. The largest absolute Gasteiger partial charge is 0.497 e. The molecular formula is C24H28N2O3S. The van der Waals surface area contributed by atoms with Gasteiger partial charge in [0, 0.05) is 17.1 Å². The highest BCUT2D eigenvalue weighted by Gasteiger charge is 2.46. The third kappa shape index (κ3) is 2.73. The summed E-state index contributed by atoms with van der Waals surface area (Å²) < 4.78 is 34.4. The number of rotatable bonds is 4. The minimum absolute atomic E-state index is 0.206. The van der Waals surface area contributed by atoms with E-state index in [0.717, 1.165) is 42.4 Å². The molecule has 1 saturated heterocycles. The second-order valence-corrected chi connectivity index (χ2v) is 10.3. The molecular weight excluding hydrogens is 396 g/mol. The van der Waals surface area contributed by atoms with Crippen molar-refractivity contribution in [1.82, 2.24) is 9.29 Å². The van der Waals surface area contributed by atoms with Crippen LogP contribution in [0.15, 0.2) is 53.4 Å². The van der Waals surface area contributed by atoms with Crippen LogP contribution in [0.1, 0.15) is 49.9 Å². The Balaban J connectivity index is 1.75. The second-order valence-electron chi connectivity index (χ2n) is 8.53. The van der Waals surface area contributed by atoms with Crippen molar-refractivity contribution in [2.24, 2.45) is 5.41 Å². The van der Waals surface area contributed by atoms with E-state index in [9.17, 15) is 8.42 Å². The van der Waals surface area contributed by atoms with Gasteiger partial charge in [-0.15, -0.1) is 0 Å². The first-order valence-electron chi connectivity index (χ1n) is 10.8. The van der Waals surface area contributed by atoms with Gasteiger partial charge in [0.25, 0.3) is 10.0 Å². The Hall–Kier alpha value is -2.31. The Morgan fingerprint density at radius 1 is 1.13 bits per heavy atom. The van der Waals surface area contributed by atoms with Gasteiger partial charge in [-0.2, -0.15) is 0 Å². The fourth-order valence-corrected chi connectivity index (χ4v) is 7.21. The number of fused-ring (bicyclic) bond motifs is 5. The molecule has 3 aromatic rings. The van der Waals surface area contributed by atoms with Gasteiger partial charge in [0.15, 0.2) is 0 Å². The quantitative estimate of drug-likeness (QED) is 0.662. The summed E-state index contributed by atoms with van der Waals surface area (Å²) in [7, 11) is -2.14. The van der Waals surface area contributed by atoms with E-state index >= 15 is 0 Å². The molecule has 1 aromatic heterocycles. The van der Waals surface area contributed by atoms with Gasteiger partial charge in [-0.25, -0.2) is 12.4 Å². The summed E-state index contributed by atoms with van der Waals surface area (Å²) in [6.45, 7) is 3.26. The normalized spacial score (nSPS) is 23.7. The van der Waals surface area contributed by atoms with Crippen LogP contribution in [-0.4, -0.2) is 26.0 Å². The molecule has 2 aromatic carbocycles. The molecule has 0 amide bonds. The molecule has 0 unspecified atom stereocenters. The van der Waals surface area contributed by atoms with Crippen molar-refractivity contribution in [2.75, 3.05) is 13.7 Å². The lowest BCUT2D eigenvalue weighted by Crippen LogP contribution is -2.46. The number of nitrogens with zero attached hydrogens (tertiary/aromatic N) is 1. The topological polar surface area (TPSA) is 60.3 Å². The highest BCUT2D eigenvalue weighted by molar-refractivity contribution is 7.90. The molecule has 5 nitrogen and oxygen atoms in total. The highest BCUT2D eigenvalue weighted by Crippen LogP contribution is 2.53. The molecule has 6 heteroatoms. The Bertz CT molecular complexity index is 1200. The van der Waals surface area contributed by atoms with Crippen LogP contribution in [-0.2, 0) is 16.4 Å². The minimum Gasteiger partial charge on any atom is -0.497 e. The van der Waals surface area contributed by atoms with E-state index in [2.05, 4.69) is 18.3 Å². The smallest absolute Gasteiger partial charge is 0.268 e. The van der Waals surface area contributed by atoms with Crippen molar-refractivity contribution in [1.29, 1.82) is 0 Å². The van der Waals surface area contributed by atoms with Crippen LogP contribution < -0.4 is 10.1 Å². The van der Waals surface area contributed by atoms with Gasteiger partial charge in [-0.1, -0.05) is 25.1 Å². The first-order chi connectivity index (χ1) is 14.5. The standard InChI is InChI=1S/C24H28N2O3S/c1-3-24-14-6-16-25-23(24)22-19-7-4-5-8-20(19)26(21(22)13-15-24)30(27,28)18-11-9-17(29-2)10-12-18/h4-5,7-12,23,25H,3,6,13-16H2,1-2H3/t23-,24-/m1/s1. The van der Waals surface area contributed by atoms with Gasteiger partial charge in [0.2, 0.25) is 0 Å². The maximum Gasteiger partial charge on any atom is 0.268 e. The summed E-state index contributed by atoms with van der Waals surface area (Å²) >= 11 is 0. The van der Waals surface area contributed by atoms with Crippen molar-refractivity contribution in [3.8, 4) is 5.75 Å². The fraction of sp³-hybridized carbons (Fsp3) is 0.417. The lowest BCUT2D eigenvalue weighted by atomic mass is 9.63. The molecule has 1 aliphatic carbocycles. The molecule has 5 rings (SSSR count). The molecule has 0 radical (unpaired) electrons. The van der Waals surface area contributed by atoms with E-state index in [1.54, 1.807) is 35.3 Å². The molecule has 30 heavy (non-hydrogen) atoms. The number of benzene rings is 2. The Kier molecular flexibility index (Phi) is 4.67. The summed E-state index contributed by atoms with van der Waals surface area (Å²) in [5.41, 5.74) is 3.12. The zero-order valence-corrected chi connectivity index (χ0v) is 18.3. The SMILES string of the molecule is CC[C@]12CCCN[C@@H]1c1c(n(S(=O)(=O)c3ccc(OC)cc3)c3ccccc13)CC2. The van der Waals surface area contributed by atoms with Crippen molar-refractivity contribution >= 4 is 20.9 Å². The lowest BCUT2D eigenvalue weighted by Gasteiger charge is -2.48. The van der Waals surface area contributed by atoms with E-state index in [4.69, 9.17) is 4.74 Å². The van der Waals surface area contributed by atoms with Gasteiger partial charge in [0.05, 0.1) is 17.5 Å². The number of ether oxygens (including phenoxy) is 1. The van der Waals surface area contributed by atoms with Crippen molar-refractivity contribution < 1.29 is 13.2 Å². The van der Waals surface area contributed by atoms with Crippen molar-refractivity contribution in [2.45, 2.75) is 50.0 Å². The number of para-hydroxylation sites is 1. The van der Waals surface area contributed by atoms with E-state index in [0.29, 0.717) is 5.75 Å². The lowest BCUT2D eigenvalue weighted by molar-refractivity contribution is 0.104. The zero-order valence-electron chi connectivity index (χ0n) is 17.5. The summed E-state index contributed by atoms with van der Waals surface area (Å²) in [6, 6.07) is 14.8. The monoisotopic (exact) mass is 424 g/mol. The van der Waals surface area contributed by atoms with E-state index in [1.165, 1.54) is 18.4 Å². The van der Waals surface area contributed by atoms with Crippen LogP contribution in [0, 0.1) is 5.41 Å². The van der Waals surface area contributed by atoms with Gasteiger partial charge >= 0.3 is 0 Å². The maximum atomic E-state index is 13.8. The van der Waals surface area contributed by atoms with Crippen molar-refractivity contribution in [3.63, 3.8) is 0 Å². The van der Waals surface area contributed by atoms with Crippen LogP contribution in [0.2, 0.25) is 0 Å². The highest BCUT2D eigenvalue weighted by atomic mass is 32.2. The minimum atomic E-state index is -3.72. The van der Waals surface area contributed by atoms with Gasteiger partial charge in [-0.05, 0) is 80.0 Å². The first-order valence-corrected chi connectivity index (χ1v) is 12.2. The number of piperidine rings is 1. The maximum absolute atomic E-state index is 13.8. The summed E-state index contributed by atoms with van der Waals surface area (Å²) in [6.07, 6.45) is 5.29. The average molecular weight is 425 g/mol. The number of nitrogens with one attached hydrogen (secondary N) is 1. The first kappa shape index (κ1) is 19.6. The van der Waals surface area contributed by atoms with Crippen LogP contribution >= 0.6 is 0 Å². The van der Waals surface area contributed by atoms with E-state index < -0.39 is 10.0 Å². The van der Waals surface area contributed by atoms with Crippen molar-refractivity contribution in [3.05, 3.63) is 59.8 Å². The van der Waals surface area contributed by atoms with E-state index in [1.807, 2.05) is 18.2 Å². The Morgan fingerprint density at radius 3 is 2.63 bits per heavy atom. The van der Waals surface area contributed by atoms with Gasteiger partial charge < -0.3 is 10.1 Å². The van der Waals surface area contributed by atoms with Gasteiger partial charge in [0.1, 0.15) is 5.75 Å². The number of hydrogen-bond acceptors (Lipinski definition) is 4. The van der Waals surface area contributed by atoms with Crippen LogP contribution in [0.25, 0.3) is 10.9 Å². The van der Waals surface area contributed by atoms with Crippen LogP contribution in [0.5, 0.6) is 5.75 Å². The molecule has 1 aliphatic heterocycles. The number of aromatic nitrogens is 1. The molecule has 0 spiro atoms. The van der Waals surface area contributed by atoms with Crippen LogP contribution in [0.3, 0.4) is 0 Å². The van der Waals surface area contributed by atoms with Crippen LogP contribution in [0.4, 0.5) is 0 Å². The number of methoxy groups -OCH3 is 1. The molecule has 2 heterocycles. The predicted octanol–water partition coefficient (Wildman–Crippen LogP) is 4.65. The zero-order chi connectivity index (χ0) is 20.9. The molecule has 2 atom stereocenters. The Labute approximate surface area is 178 Å². The summed E-state index contributed by atoms with van der Waals surface area (Å²) in [5, 5.41) is 4.81. The number of hydrogen-bond donors (Lipinski definition) is 1. The Morgan fingerprint density at radius 2 is 1.90 bits per heavy atom. The predicted molar refractivity (Wildman–Crippen MR) is 119 cm³/mol. The molecule has 0 bridgehead atoms. The summed E-state index contributed by atoms with van der Waals surface area (Å²) in [5.74, 6) is 0.646. The average Bonchev–Trinajstić information content (AvgIpc) is 3.14. The van der Waals surface area contributed by atoms with E-state index in [-0.39, 0.29) is 16.4 Å². The molecule has 0 saturated carbocycles.